The fraction of sp³-hybridized carbons (Fsp3) is 0.286. The maximum Gasteiger partial charge on any atom is 0.268 e. The number of nitrogen functional groups attached to an aromatic ring is 1. The van der Waals surface area contributed by atoms with E-state index in [2.05, 4.69) is 10.3 Å². The molecule has 0 aliphatic rings. The molecule has 106 valence electrons. The summed E-state index contributed by atoms with van der Waals surface area (Å²) in [7, 11) is 1.56. The molecule has 0 spiro atoms. The lowest BCUT2D eigenvalue weighted by Crippen LogP contribution is -2.25. The van der Waals surface area contributed by atoms with Crippen molar-refractivity contribution in [3.8, 4) is 5.88 Å². The van der Waals surface area contributed by atoms with Gasteiger partial charge in [0.25, 0.3) is 5.91 Å². The van der Waals surface area contributed by atoms with E-state index in [-0.39, 0.29) is 5.91 Å². The number of amides is 1. The molecule has 2 aromatic heterocycles. The fourth-order valence-corrected chi connectivity index (χ4v) is 1.93. The van der Waals surface area contributed by atoms with Gasteiger partial charge in [0, 0.05) is 31.5 Å². The zero-order valence-electron chi connectivity index (χ0n) is 11.6. The molecule has 0 unspecified atom stereocenters. The summed E-state index contributed by atoms with van der Waals surface area (Å²) in [6.07, 6.45) is 3.40. The van der Waals surface area contributed by atoms with Crippen LogP contribution in [0.2, 0.25) is 0 Å². The van der Waals surface area contributed by atoms with Crippen molar-refractivity contribution in [1.29, 1.82) is 0 Å². The smallest absolute Gasteiger partial charge is 0.268 e. The van der Waals surface area contributed by atoms with Crippen molar-refractivity contribution < 1.29 is 9.53 Å². The lowest BCUT2D eigenvalue weighted by atomic mass is 10.2. The minimum atomic E-state index is -0.153. The summed E-state index contributed by atoms with van der Waals surface area (Å²) in [4.78, 5) is 16.1. The van der Waals surface area contributed by atoms with Crippen LogP contribution in [0.15, 0.2) is 30.6 Å². The van der Waals surface area contributed by atoms with Gasteiger partial charge in [0.05, 0.1) is 12.8 Å². The van der Waals surface area contributed by atoms with Gasteiger partial charge in [-0.1, -0.05) is 0 Å². The molecule has 0 aromatic carbocycles. The SMILES string of the molecule is CCn1cc(N)cc1C(=O)NCc1ccnc(OC)c1. The predicted molar refractivity (Wildman–Crippen MR) is 76.5 cm³/mol. The maximum atomic E-state index is 12.1. The number of hydrogen-bond acceptors (Lipinski definition) is 4. The van der Waals surface area contributed by atoms with Gasteiger partial charge in [0.1, 0.15) is 5.69 Å². The Balaban J connectivity index is 2.04. The molecule has 0 fully saturated rings. The summed E-state index contributed by atoms with van der Waals surface area (Å²) in [5, 5.41) is 2.86. The molecule has 6 heteroatoms. The van der Waals surface area contributed by atoms with E-state index < -0.39 is 0 Å². The van der Waals surface area contributed by atoms with Crippen LogP contribution < -0.4 is 15.8 Å². The second kappa shape index (κ2) is 6.10. The van der Waals surface area contributed by atoms with Gasteiger partial charge < -0.3 is 20.4 Å². The number of carbonyl (C=O) groups is 1. The Kier molecular flexibility index (Phi) is 4.24. The van der Waals surface area contributed by atoms with Crippen LogP contribution in [0.4, 0.5) is 5.69 Å². The summed E-state index contributed by atoms with van der Waals surface area (Å²) in [5.74, 6) is 0.372. The third-order valence-electron chi connectivity index (χ3n) is 2.95. The first-order valence-corrected chi connectivity index (χ1v) is 6.36. The first kappa shape index (κ1) is 13.9. The van der Waals surface area contributed by atoms with Gasteiger partial charge in [-0.25, -0.2) is 4.98 Å². The minimum absolute atomic E-state index is 0.153. The number of nitrogens with zero attached hydrogens (tertiary/aromatic N) is 2. The summed E-state index contributed by atoms with van der Waals surface area (Å²) in [6.45, 7) is 3.07. The molecule has 2 aromatic rings. The highest BCUT2D eigenvalue weighted by Gasteiger charge is 2.11. The van der Waals surface area contributed by atoms with Crippen LogP contribution in [0.1, 0.15) is 23.0 Å². The quantitative estimate of drug-likeness (QED) is 0.864. The van der Waals surface area contributed by atoms with Gasteiger partial charge in [0.15, 0.2) is 0 Å². The largest absolute Gasteiger partial charge is 0.481 e. The number of ether oxygens (including phenoxy) is 1. The van der Waals surface area contributed by atoms with Crippen LogP contribution in [0.3, 0.4) is 0 Å². The van der Waals surface area contributed by atoms with Crippen LogP contribution in [-0.4, -0.2) is 22.6 Å². The van der Waals surface area contributed by atoms with Crippen molar-refractivity contribution >= 4 is 11.6 Å². The molecular weight excluding hydrogens is 256 g/mol. The van der Waals surface area contributed by atoms with Crippen molar-refractivity contribution in [2.45, 2.75) is 20.0 Å². The predicted octanol–water partition coefficient (Wildman–Crippen LogP) is 1.42. The number of hydrogen-bond donors (Lipinski definition) is 2. The summed E-state index contributed by atoms with van der Waals surface area (Å²) in [6, 6.07) is 5.29. The molecule has 0 aliphatic heterocycles. The molecule has 20 heavy (non-hydrogen) atoms. The average molecular weight is 274 g/mol. The zero-order chi connectivity index (χ0) is 14.5. The van der Waals surface area contributed by atoms with Gasteiger partial charge >= 0.3 is 0 Å². The lowest BCUT2D eigenvalue weighted by Gasteiger charge is -2.08. The van der Waals surface area contributed by atoms with E-state index in [9.17, 15) is 4.79 Å². The van der Waals surface area contributed by atoms with E-state index in [1.807, 2.05) is 17.6 Å². The van der Waals surface area contributed by atoms with E-state index in [1.165, 1.54) is 0 Å². The third-order valence-corrected chi connectivity index (χ3v) is 2.95. The monoisotopic (exact) mass is 274 g/mol. The van der Waals surface area contributed by atoms with E-state index in [0.717, 1.165) is 5.56 Å². The van der Waals surface area contributed by atoms with Gasteiger partial charge in [-0.05, 0) is 24.6 Å². The standard InChI is InChI=1S/C14H18N4O2/c1-3-18-9-11(15)7-12(18)14(19)17-8-10-4-5-16-13(6-10)20-2/h4-7,9H,3,8,15H2,1-2H3,(H,17,19). The topological polar surface area (TPSA) is 82.2 Å². The molecule has 3 N–H and O–H groups in total. The number of rotatable bonds is 5. The molecule has 6 nitrogen and oxygen atoms in total. The molecule has 0 atom stereocenters. The average Bonchev–Trinajstić information content (AvgIpc) is 2.86. The fourth-order valence-electron chi connectivity index (χ4n) is 1.93. The number of methoxy groups -OCH3 is 1. The van der Waals surface area contributed by atoms with Crippen molar-refractivity contribution in [3.05, 3.63) is 41.9 Å². The Morgan fingerprint density at radius 3 is 3.00 bits per heavy atom. The van der Waals surface area contributed by atoms with E-state index in [1.54, 1.807) is 31.6 Å². The molecule has 0 bridgehead atoms. The van der Waals surface area contributed by atoms with Crippen LogP contribution in [0, 0.1) is 0 Å². The number of anilines is 1. The first-order valence-electron chi connectivity index (χ1n) is 6.36. The Labute approximate surface area is 117 Å². The molecule has 0 aliphatic carbocycles. The second-order valence-electron chi connectivity index (χ2n) is 4.33. The zero-order valence-corrected chi connectivity index (χ0v) is 11.6. The summed E-state index contributed by atoms with van der Waals surface area (Å²) in [5.41, 5.74) is 7.78. The molecular formula is C14H18N4O2. The third kappa shape index (κ3) is 3.09. The highest BCUT2D eigenvalue weighted by atomic mass is 16.5. The highest BCUT2D eigenvalue weighted by molar-refractivity contribution is 5.93. The van der Waals surface area contributed by atoms with Gasteiger partial charge in [-0.15, -0.1) is 0 Å². The molecule has 1 amide bonds. The molecule has 2 heterocycles. The second-order valence-corrected chi connectivity index (χ2v) is 4.33. The normalized spacial score (nSPS) is 10.3. The van der Waals surface area contributed by atoms with E-state index in [0.29, 0.717) is 30.4 Å². The highest BCUT2D eigenvalue weighted by Crippen LogP contribution is 2.12. The van der Waals surface area contributed by atoms with Crippen molar-refractivity contribution in [3.63, 3.8) is 0 Å². The molecule has 2 rings (SSSR count). The number of nitrogens with one attached hydrogen (secondary N) is 1. The number of carbonyl (C=O) groups excluding carboxylic acids is 1. The first-order chi connectivity index (χ1) is 9.63. The molecule has 0 saturated heterocycles. The molecule has 0 radical (unpaired) electrons. The van der Waals surface area contributed by atoms with Crippen LogP contribution in [-0.2, 0) is 13.1 Å². The number of nitrogens with two attached hydrogens (primary N) is 1. The summed E-state index contributed by atoms with van der Waals surface area (Å²) >= 11 is 0. The van der Waals surface area contributed by atoms with Crippen molar-refractivity contribution in [1.82, 2.24) is 14.9 Å². The van der Waals surface area contributed by atoms with Gasteiger partial charge in [-0.3, -0.25) is 4.79 Å². The van der Waals surface area contributed by atoms with Crippen molar-refractivity contribution in [2.75, 3.05) is 12.8 Å². The Morgan fingerprint density at radius 1 is 1.50 bits per heavy atom. The van der Waals surface area contributed by atoms with Crippen molar-refractivity contribution in [2.24, 2.45) is 0 Å². The number of pyridine rings is 1. The Morgan fingerprint density at radius 2 is 2.30 bits per heavy atom. The van der Waals surface area contributed by atoms with Gasteiger partial charge in [-0.2, -0.15) is 0 Å². The van der Waals surface area contributed by atoms with Crippen LogP contribution in [0.25, 0.3) is 0 Å². The van der Waals surface area contributed by atoms with E-state index >= 15 is 0 Å². The maximum absolute atomic E-state index is 12.1. The number of aromatic nitrogens is 2. The number of aryl methyl sites for hydroxylation is 1. The Bertz CT molecular complexity index is 607. The van der Waals surface area contributed by atoms with Gasteiger partial charge in [0.2, 0.25) is 5.88 Å². The minimum Gasteiger partial charge on any atom is -0.481 e. The lowest BCUT2D eigenvalue weighted by molar-refractivity contribution is 0.0941. The van der Waals surface area contributed by atoms with Crippen LogP contribution >= 0.6 is 0 Å². The van der Waals surface area contributed by atoms with Crippen LogP contribution in [0.5, 0.6) is 5.88 Å². The summed E-state index contributed by atoms with van der Waals surface area (Å²) < 4.78 is 6.86. The Hall–Kier alpha value is -2.50. The van der Waals surface area contributed by atoms with E-state index in [4.69, 9.17) is 10.5 Å². The molecule has 0 saturated carbocycles.